The first-order chi connectivity index (χ1) is 10.7. The molecule has 0 bridgehead atoms. The van der Waals surface area contributed by atoms with Gasteiger partial charge in [-0.05, 0) is 36.6 Å². The molecule has 2 N–H and O–H groups in total. The highest BCUT2D eigenvalue weighted by Crippen LogP contribution is 2.15. The Hall–Kier alpha value is -2.33. The molecule has 0 aliphatic rings. The maximum atomic E-state index is 11.5. The van der Waals surface area contributed by atoms with Gasteiger partial charge in [0.1, 0.15) is 18.4 Å². The van der Waals surface area contributed by atoms with Crippen molar-refractivity contribution in [3.8, 4) is 5.75 Å². The Morgan fingerprint density at radius 3 is 2.36 bits per heavy atom. The van der Waals surface area contributed by atoms with Crippen LogP contribution in [0.1, 0.15) is 18.1 Å². The van der Waals surface area contributed by atoms with Crippen LogP contribution >= 0.6 is 0 Å². The Morgan fingerprint density at radius 1 is 1.05 bits per heavy atom. The lowest BCUT2D eigenvalue weighted by Gasteiger charge is -2.11. The first kappa shape index (κ1) is 16.0. The minimum Gasteiger partial charge on any atom is -0.489 e. The fourth-order valence-electron chi connectivity index (χ4n) is 2.05. The van der Waals surface area contributed by atoms with Gasteiger partial charge in [0.15, 0.2) is 0 Å². The van der Waals surface area contributed by atoms with Crippen molar-refractivity contribution in [1.82, 2.24) is 0 Å². The lowest BCUT2D eigenvalue weighted by molar-refractivity contribution is -0.144. The van der Waals surface area contributed by atoms with Gasteiger partial charge in [0, 0.05) is 0 Å². The Bertz CT molecular complexity index is 581. The average molecular weight is 299 g/mol. The van der Waals surface area contributed by atoms with Crippen LogP contribution in [-0.2, 0) is 22.6 Å². The number of carbonyl (C=O) groups is 1. The molecule has 1 atom stereocenters. The van der Waals surface area contributed by atoms with E-state index in [1.54, 1.807) is 6.92 Å². The molecule has 2 rings (SSSR count). The van der Waals surface area contributed by atoms with Gasteiger partial charge in [0.25, 0.3) is 0 Å². The zero-order valence-electron chi connectivity index (χ0n) is 12.7. The molecule has 2 aromatic rings. The standard InChI is InChI=1S/C18H21NO3/c1-2-21-18(20)17(19)12-14-8-10-16(11-9-14)22-13-15-6-4-3-5-7-15/h3-11,17H,2,12-13,19H2,1H3/t17-/m0/s1. The summed E-state index contributed by atoms with van der Waals surface area (Å²) in [5.41, 5.74) is 7.90. The van der Waals surface area contributed by atoms with Crippen LogP contribution in [0.4, 0.5) is 0 Å². The molecule has 0 saturated carbocycles. The highest BCUT2D eigenvalue weighted by Gasteiger charge is 2.14. The minimum atomic E-state index is -0.629. The molecule has 0 unspecified atom stereocenters. The summed E-state index contributed by atoms with van der Waals surface area (Å²) in [6.07, 6.45) is 0.456. The van der Waals surface area contributed by atoms with E-state index in [1.165, 1.54) is 0 Å². The van der Waals surface area contributed by atoms with E-state index in [4.69, 9.17) is 15.2 Å². The predicted octanol–water partition coefficient (Wildman–Crippen LogP) is 2.70. The van der Waals surface area contributed by atoms with Gasteiger partial charge in [-0.1, -0.05) is 42.5 Å². The van der Waals surface area contributed by atoms with E-state index in [1.807, 2.05) is 54.6 Å². The van der Waals surface area contributed by atoms with Crippen LogP contribution in [0.3, 0.4) is 0 Å². The van der Waals surface area contributed by atoms with Crippen molar-refractivity contribution in [2.45, 2.75) is 26.0 Å². The monoisotopic (exact) mass is 299 g/mol. The number of hydrogen-bond acceptors (Lipinski definition) is 4. The molecule has 0 aliphatic carbocycles. The third-order valence-electron chi connectivity index (χ3n) is 3.22. The van der Waals surface area contributed by atoms with Crippen LogP contribution < -0.4 is 10.5 Å². The number of benzene rings is 2. The van der Waals surface area contributed by atoms with Crippen molar-refractivity contribution < 1.29 is 14.3 Å². The summed E-state index contributed by atoms with van der Waals surface area (Å²) in [6, 6.07) is 17.0. The number of carbonyl (C=O) groups excluding carboxylic acids is 1. The van der Waals surface area contributed by atoms with E-state index in [2.05, 4.69) is 0 Å². The van der Waals surface area contributed by atoms with Crippen LogP contribution in [0.2, 0.25) is 0 Å². The van der Waals surface area contributed by atoms with Gasteiger partial charge in [0.05, 0.1) is 6.61 Å². The summed E-state index contributed by atoms with van der Waals surface area (Å²) in [5.74, 6) is 0.421. The first-order valence-corrected chi connectivity index (χ1v) is 7.37. The van der Waals surface area contributed by atoms with E-state index >= 15 is 0 Å². The van der Waals surface area contributed by atoms with Crippen LogP contribution in [0.25, 0.3) is 0 Å². The maximum Gasteiger partial charge on any atom is 0.323 e. The third kappa shape index (κ3) is 4.90. The minimum absolute atomic E-state index is 0.346. The molecule has 0 aliphatic heterocycles. The van der Waals surface area contributed by atoms with E-state index in [0.29, 0.717) is 19.6 Å². The fraction of sp³-hybridized carbons (Fsp3) is 0.278. The second kappa shape index (κ2) is 8.20. The molecule has 0 fully saturated rings. The van der Waals surface area contributed by atoms with Crippen LogP contribution in [0.15, 0.2) is 54.6 Å². The summed E-state index contributed by atoms with van der Waals surface area (Å²) >= 11 is 0. The summed E-state index contributed by atoms with van der Waals surface area (Å²) in [7, 11) is 0. The second-order valence-corrected chi connectivity index (χ2v) is 4.98. The van der Waals surface area contributed by atoms with Crippen molar-refractivity contribution >= 4 is 5.97 Å². The summed E-state index contributed by atoms with van der Waals surface area (Å²) in [5, 5.41) is 0. The van der Waals surface area contributed by atoms with Crippen LogP contribution in [-0.4, -0.2) is 18.6 Å². The Kier molecular flexibility index (Phi) is 5.98. The van der Waals surface area contributed by atoms with Gasteiger partial charge in [-0.2, -0.15) is 0 Å². The van der Waals surface area contributed by atoms with Gasteiger partial charge >= 0.3 is 5.97 Å². The van der Waals surface area contributed by atoms with Gasteiger partial charge in [-0.3, -0.25) is 4.79 Å². The largest absolute Gasteiger partial charge is 0.489 e. The second-order valence-electron chi connectivity index (χ2n) is 4.98. The third-order valence-corrected chi connectivity index (χ3v) is 3.22. The molecule has 0 saturated heterocycles. The summed E-state index contributed by atoms with van der Waals surface area (Å²) < 4.78 is 10.6. The lowest BCUT2D eigenvalue weighted by Crippen LogP contribution is -2.34. The normalized spacial score (nSPS) is 11.7. The molecule has 4 heteroatoms. The molecular weight excluding hydrogens is 278 g/mol. The molecule has 0 amide bonds. The number of rotatable bonds is 7. The smallest absolute Gasteiger partial charge is 0.323 e. The SMILES string of the molecule is CCOC(=O)[C@@H](N)Cc1ccc(OCc2ccccc2)cc1. The van der Waals surface area contributed by atoms with E-state index in [9.17, 15) is 4.79 Å². The molecule has 116 valence electrons. The molecule has 0 spiro atoms. The Labute approximate surface area is 130 Å². The highest BCUT2D eigenvalue weighted by atomic mass is 16.5. The van der Waals surface area contributed by atoms with Gasteiger partial charge < -0.3 is 15.2 Å². The van der Waals surface area contributed by atoms with E-state index in [-0.39, 0.29) is 5.97 Å². The van der Waals surface area contributed by atoms with Gasteiger partial charge in [-0.25, -0.2) is 0 Å². The molecule has 4 nitrogen and oxygen atoms in total. The molecule has 2 aromatic carbocycles. The first-order valence-electron chi connectivity index (χ1n) is 7.37. The molecule has 0 heterocycles. The maximum absolute atomic E-state index is 11.5. The molecule has 0 aromatic heterocycles. The number of hydrogen-bond donors (Lipinski definition) is 1. The van der Waals surface area contributed by atoms with Crippen molar-refractivity contribution in [3.05, 3.63) is 65.7 Å². The molecule has 0 radical (unpaired) electrons. The van der Waals surface area contributed by atoms with Crippen molar-refractivity contribution in [2.75, 3.05) is 6.61 Å². The topological polar surface area (TPSA) is 61.5 Å². The van der Waals surface area contributed by atoms with Gasteiger partial charge in [0.2, 0.25) is 0 Å². The fourth-order valence-corrected chi connectivity index (χ4v) is 2.05. The Balaban J connectivity index is 1.86. The Morgan fingerprint density at radius 2 is 1.73 bits per heavy atom. The molecular formula is C18H21NO3. The summed E-state index contributed by atoms with van der Waals surface area (Å²) in [4.78, 5) is 11.5. The molecule has 22 heavy (non-hydrogen) atoms. The van der Waals surface area contributed by atoms with Crippen molar-refractivity contribution in [3.63, 3.8) is 0 Å². The average Bonchev–Trinajstić information content (AvgIpc) is 2.55. The predicted molar refractivity (Wildman–Crippen MR) is 85.5 cm³/mol. The van der Waals surface area contributed by atoms with Crippen LogP contribution in [0, 0.1) is 0 Å². The number of nitrogens with two attached hydrogens (primary N) is 1. The van der Waals surface area contributed by atoms with E-state index in [0.717, 1.165) is 16.9 Å². The summed E-state index contributed by atoms with van der Waals surface area (Å²) in [6.45, 7) is 2.64. The van der Waals surface area contributed by atoms with Gasteiger partial charge in [-0.15, -0.1) is 0 Å². The van der Waals surface area contributed by atoms with Crippen LogP contribution in [0.5, 0.6) is 5.75 Å². The van der Waals surface area contributed by atoms with Crippen molar-refractivity contribution in [1.29, 1.82) is 0 Å². The lowest BCUT2D eigenvalue weighted by atomic mass is 10.1. The zero-order valence-corrected chi connectivity index (χ0v) is 12.7. The number of esters is 1. The zero-order chi connectivity index (χ0) is 15.8. The number of ether oxygens (including phenoxy) is 2. The highest BCUT2D eigenvalue weighted by molar-refractivity contribution is 5.75. The quantitative estimate of drug-likeness (QED) is 0.799. The van der Waals surface area contributed by atoms with Crippen molar-refractivity contribution in [2.24, 2.45) is 5.73 Å². The van der Waals surface area contributed by atoms with E-state index < -0.39 is 6.04 Å².